The van der Waals surface area contributed by atoms with Crippen molar-refractivity contribution in [2.45, 2.75) is 0 Å². The van der Waals surface area contributed by atoms with Crippen molar-refractivity contribution in [3.8, 4) is 11.5 Å². The molecule has 1 radical (unpaired) electrons. The molecule has 0 aromatic carbocycles. The van der Waals surface area contributed by atoms with Crippen LogP contribution in [-0.2, 0) is 34.2 Å². The van der Waals surface area contributed by atoms with Gasteiger partial charge in [-0.1, -0.05) is 6.20 Å². The fourth-order valence-corrected chi connectivity index (χ4v) is 0.927. The van der Waals surface area contributed by atoms with E-state index < -0.39 is 0 Å². The number of rotatable bonds is 1. The summed E-state index contributed by atoms with van der Waals surface area (Å²) in [5.41, 5.74) is 0.679. The molecule has 0 aliphatic heterocycles. The average molecular weight is 354 g/mol. The van der Waals surface area contributed by atoms with Gasteiger partial charge in [0.15, 0.2) is 0 Å². The Balaban J connectivity index is 0.000000845. The minimum Gasteiger partial charge on any atom is -0.311 e. The summed E-state index contributed by atoms with van der Waals surface area (Å²) < 4.78 is 3.31. The third kappa shape index (κ3) is 2.02. The van der Waals surface area contributed by atoms with E-state index in [9.17, 15) is 0 Å². The van der Waals surface area contributed by atoms with Gasteiger partial charge in [0, 0.05) is 40.0 Å². The molecule has 2 heterocycles. The van der Waals surface area contributed by atoms with Crippen LogP contribution in [0.1, 0.15) is 0 Å². The van der Waals surface area contributed by atoms with Gasteiger partial charge in [0.2, 0.25) is 0 Å². The Kier molecular flexibility index (Phi) is 2.95. The van der Waals surface area contributed by atoms with Gasteiger partial charge in [-0.15, -0.1) is 0 Å². The molecule has 0 bridgehead atoms. The number of aromatic nitrogens is 5. The molecule has 0 aliphatic carbocycles. The van der Waals surface area contributed by atoms with Crippen molar-refractivity contribution in [3.63, 3.8) is 0 Å². The van der Waals surface area contributed by atoms with Gasteiger partial charge in [0.1, 0.15) is 0 Å². The molecule has 0 unspecified atom stereocenters. The molecule has 13 heavy (non-hydrogen) atoms. The second-order valence-corrected chi connectivity index (χ2v) is 2.54. The van der Waals surface area contributed by atoms with E-state index in [0.717, 1.165) is 0 Å². The zero-order valence-electron chi connectivity index (χ0n) is 7.22. The van der Waals surface area contributed by atoms with E-state index in [1.807, 2.05) is 14.1 Å². The van der Waals surface area contributed by atoms with Crippen molar-refractivity contribution < 1.29 is 20.1 Å². The van der Waals surface area contributed by atoms with Crippen LogP contribution >= 0.6 is 0 Å². The number of hydrogen-bond donors (Lipinski definition) is 0. The van der Waals surface area contributed by atoms with E-state index in [2.05, 4.69) is 21.2 Å². The van der Waals surface area contributed by atoms with Gasteiger partial charge < -0.3 is 4.98 Å². The summed E-state index contributed by atoms with van der Waals surface area (Å²) in [5, 5.41) is 8.21. The second-order valence-electron chi connectivity index (χ2n) is 2.54. The molecule has 71 valence electrons. The summed E-state index contributed by atoms with van der Waals surface area (Å²) in [6.45, 7) is 0. The van der Waals surface area contributed by atoms with Crippen LogP contribution in [0, 0.1) is 6.07 Å². The molecular weight excluding hydrogens is 346 g/mol. The molecule has 0 amide bonds. The Morgan fingerprint density at radius 1 is 1.23 bits per heavy atom. The number of aryl methyl sites for hydroxylation is 2. The van der Waals surface area contributed by atoms with E-state index in [1.54, 1.807) is 21.9 Å². The monoisotopic (exact) mass is 355 g/mol. The average Bonchev–Trinajstić information content (AvgIpc) is 2.58. The zero-order valence-corrected chi connectivity index (χ0v) is 9.62. The van der Waals surface area contributed by atoms with E-state index >= 15 is 0 Å². The van der Waals surface area contributed by atoms with Gasteiger partial charge in [0.05, 0.1) is 6.33 Å². The molecular formula is C7H8IrN5-. The number of hydrogen-bond acceptors (Lipinski definition) is 3. The van der Waals surface area contributed by atoms with Crippen molar-refractivity contribution in [2.24, 2.45) is 14.1 Å². The second kappa shape index (κ2) is 3.81. The summed E-state index contributed by atoms with van der Waals surface area (Å²) in [4.78, 5) is 4.04. The van der Waals surface area contributed by atoms with Crippen molar-refractivity contribution in [2.75, 3.05) is 0 Å². The maximum absolute atomic E-state index is 4.12. The maximum Gasteiger partial charge on any atom is 0.0923 e. The minimum atomic E-state index is 0. The summed E-state index contributed by atoms with van der Waals surface area (Å²) >= 11 is 0. The molecule has 2 aromatic rings. The summed E-state index contributed by atoms with van der Waals surface area (Å²) in [6, 6.07) is 2.95. The van der Waals surface area contributed by atoms with Gasteiger partial charge in [0.25, 0.3) is 0 Å². The summed E-state index contributed by atoms with van der Waals surface area (Å²) in [5.74, 6) is 0.609. The van der Waals surface area contributed by atoms with Crippen LogP contribution in [0.25, 0.3) is 11.5 Å². The first-order chi connectivity index (χ1) is 5.75. The molecule has 2 rings (SSSR count). The quantitative estimate of drug-likeness (QED) is 0.678. The Morgan fingerprint density at radius 2 is 2.00 bits per heavy atom. The molecule has 0 saturated carbocycles. The van der Waals surface area contributed by atoms with Crippen LogP contribution in [0.4, 0.5) is 0 Å². The van der Waals surface area contributed by atoms with Crippen molar-refractivity contribution in [1.29, 1.82) is 0 Å². The Bertz CT molecular complexity index is 353. The fraction of sp³-hybridized carbons (Fsp3) is 0.286. The van der Waals surface area contributed by atoms with Crippen LogP contribution in [-0.4, -0.2) is 24.5 Å². The molecule has 0 spiro atoms. The summed E-state index contributed by atoms with van der Waals surface area (Å²) in [7, 11) is 3.66. The van der Waals surface area contributed by atoms with E-state index in [4.69, 9.17) is 0 Å². The first-order valence-electron chi connectivity index (χ1n) is 3.53. The predicted octanol–water partition coefficient (Wildman–Crippen LogP) is 0.0133. The van der Waals surface area contributed by atoms with Gasteiger partial charge >= 0.3 is 0 Å². The Hall–Kier alpha value is -1.00. The molecule has 0 saturated heterocycles. The van der Waals surface area contributed by atoms with Crippen molar-refractivity contribution in [3.05, 3.63) is 18.6 Å². The van der Waals surface area contributed by atoms with Crippen LogP contribution < -0.4 is 0 Å². The molecule has 0 fully saturated rings. The maximum atomic E-state index is 4.12. The fourth-order valence-electron chi connectivity index (χ4n) is 0.927. The first kappa shape index (κ1) is 10.1. The molecule has 6 heteroatoms. The molecule has 0 atom stereocenters. The summed E-state index contributed by atoms with van der Waals surface area (Å²) in [6.07, 6.45) is 3.38. The molecule has 0 aliphatic rings. The van der Waals surface area contributed by atoms with Crippen LogP contribution in [0.5, 0.6) is 0 Å². The third-order valence-corrected chi connectivity index (χ3v) is 1.46. The standard InChI is InChI=1S/C7H8N5.Ir/c1-11-4-3-6(9-11)7-8-5-12(2)10-7;/h4-5H,1-2H3;/q-1;. The normalized spacial score (nSPS) is 9.69. The van der Waals surface area contributed by atoms with Gasteiger partial charge in [-0.3, -0.25) is 9.36 Å². The Labute approximate surface area is 89.1 Å². The smallest absolute Gasteiger partial charge is 0.0923 e. The van der Waals surface area contributed by atoms with Crippen molar-refractivity contribution >= 4 is 0 Å². The van der Waals surface area contributed by atoms with Gasteiger partial charge in [-0.2, -0.15) is 6.07 Å². The SMILES string of the molecule is Cn1c[c-]c(-c2ncn(C)n2)n1.[Ir]. The van der Waals surface area contributed by atoms with E-state index in [-0.39, 0.29) is 20.1 Å². The third-order valence-electron chi connectivity index (χ3n) is 1.46. The predicted molar refractivity (Wildman–Crippen MR) is 42.0 cm³/mol. The minimum absolute atomic E-state index is 0. The van der Waals surface area contributed by atoms with Crippen LogP contribution in [0.3, 0.4) is 0 Å². The van der Waals surface area contributed by atoms with Crippen LogP contribution in [0.2, 0.25) is 0 Å². The van der Waals surface area contributed by atoms with Gasteiger partial charge in [-0.05, 0) is 5.69 Å². The van der Waals surface area contributed by atoms with E-state index in [0.29, 0.717) is 11.5 Å². The molecule has 5 nitrogen and oxygen atoms in total. The molecule has 0 N–H and O–H groups in total. The molecule has 2 aromatic heterocycles. The Morgan fingerprint density at radius 3 is 2.46 bits per heavy atom. The van der Waals surface area contributed by atoms with E-state index in [1.165, 1.54) is 0 Å². The van der Waals surface area contributed by atoms with Crippen molar-refractivity contribution in [1.82, 2.24) is 24.5 Å². The number of nitrogens with zero attached hydrogens (tertiary/aromatic N) is 5. The van der Waals surface area contributed by atoms with Gasteiger partial charge in [-0.25, -0.2) is 10.2 Å². The zero-order chi connectivity index (χ0) is 8.55. The first-order valence-corrected chi connectivity index (χ1v) is 3.53. The van der Waals surface area contributed by atoms with Crippen LogP contribution in [0.15, 0.2) is 12.5 Å². The topological polar surface area (TPSA) is 48.5 Å². The largest absolute Gasteiger partial charge is 0.311 e.